The number of unbranched alkanes of at least 4 members (excludes halogenated alkanes) is 1. The number of carbonyl (C=O) groups is 2. The van der Waals surface area contributed by atoms with Crippen LogP contribution in [0.3, 0.4) is 0 Å². The maximum Gasteiger partial charge on any atom is 0.338 e. The van der Waals surface area contributed by atoms with Gasteiger partial charge in [-0.3, -0.25) is 4.79 Å². The predicted molar refractivity (Wildman–Crippen MR) is 96.9 cm³/mol. The van der Waals surface area contributed by atoms with Gasteiger partial charge in [-0.25, -0.2) is 13.2 Å². The van der Waals surface area contributed by atoms with Gasteiger partial charge in [-0.15, -0.1) is 0 Å². The van der Waals surface area contributed by atoms with Crippen molar-refractivity contribution in [1.29, 1.82) is 0 Å². The summed E-state index contributed by atoms with van der Waals surface area (Å²) >= 11 is 0. The van der Waals surface area contributed by atoms with E-state index in [-0.39, 0.29) is 23.5 Å². The van der Waals surface area contributed by atoms with E-state index in [1.54, 1.807) is 31.2 Å². The average molecular weight is 383 g/mol. The zero-order valence-electron chi connectivity index (χ0n) is 15.1. The Hall–Kier alpha value is -2.09. The molecule has 2 rings (SSSR count). The number of nitrogens with one attached hydrogen (secondary N) is 1. The second-order valence-corrected chi connectivity index (χ2v) is 8.61. The number of ether oxygens (including phenoxy) is 2. The van der Waals surface area contributed by atoms with Gasteiger partial charge in [0, 0.05) is 6.04 Å². The van der Waals surface area contributed by atoms with E-state index in [0.717, 1.165) is 12.8 Å². The third-order valence-corrected chi connectivity index (χ3v) is 5.85. The summed E-state index contributed by atoms with van der Waals surface area (Å²) in [6, 6.07) is 5.99. The summed E-state index contributed by atoms with van der Waals surface area (Å²) in [5.41, 5.74) is 0.418. The lowest BCUT2D eigenvalue weighted by atomic mass is 10.2. The third kappa shape index (κ3) is 6.01. The molecule has 0 unspecified atom stereocenters. The smallest absolute Gasteiger partial charge is 0.338 e. The zero-order valence-corrected chi connectivity index (χ0v) is 15.9. The van der Waals surface area contributed by atoms with Gasteiger partial charge in [0.2, 0.25) is 0 Å². The summed E-state index contributed by atoms with van der Waals surface area (Å²) in [7, 11) is -3.05. The number of sulfone groups is 1. The Bertz CT molecular complexity index is 729. The first-order valence-electron chi connectivity index (χ1n) is 8.75. The molecule has 0 radical (unpaired) electrons. The molecule has 8 heteroatoms. The molecular formula is C18H25NO6S. The van der Waals surface area contributed by atoms with Crippen molar-refractivity contribution in [3.8, 4) is 5.75 Å². The highest BCUT2D eigenvalue weighted by atomic mass is 32.2. The summed E-state index contributed by atoms with van der Waals surface area (Å²) in [5.74, 6) is -0.242. The fraction of sp³-hybridized carbons (Fsp3) is 0.556. The number of benzene rings is 1. The molecule has 1 aliphatic heterocycles. The van der Waals surface area contributed by atoms with E-state index in [1.807, 2.05) is 6.92 Å². The standard InChI is InChI=1S/C18H25NO6S/c1-3-4-10-24-18(21)14-5-7-16(8-6-14)25-13(2)17(20)19-15-9-11-26(22,23)12-15/h5-8,13,15H,3-4,9-12H2,1-2H3,(H,19,20)/t13-,15+/m0/s1. The van der Waals surface area contributed by atoms with E-state index in [1.165, 1.54) is 0 Å². The van der Waals surface area contributed by atoms with Crippen LogP contribution >= 0.6 is 0 Å². The maximum atomic E-state index is 12.1. The number of carbonyl (C=O) groups excluding carboxylic acids is 2. The lowest BCUT2D eigenvalue weighted by molar-refractivity contribution is -0.127. The maximum absolute atomic E-state index is 12.1. The van der Waals surface area contributed by atoms with E-state index in [4.69, 9.17) is 9.47 Å². The minimum absolute atomic E-state index is 0.0275. The van der Waals surface area contributed by atoms with Gasteiger partial charge < -0.3 is 14.8 Å². The predicted octanol–water partition coefficient (Wildman–Crippen LogP) is 1.71. The number of rotatable bonds is 8. The van der Waals surface area contributed by atoms with Crippen LogP contribution in [0.2, 0.25) is 0 Å². The molecule has 1 aliphatic rings. The summed E-state index contributed by atoms with van der Waals surface area (Å²) in [6.45, 7) is 4.00. The molecule has 1 aromatic carbocycles. The SMILES string of the molecule is CCCCOC(=O)c1ccc(O[C@@H](C)C(=O)N[C@@H]2CCS(=O)(=O)C2)cc1. The first-order valence-corrected chi connectivity index (χ1v) is 10.6. The Labute approximate surface area is 154 Å². The van der Waals surface area contributed by atoms with Crippen LogP contribution in [0.15, 0.2) is 24.3 Å². The number of hydrogen-bond donors (Lipinski definition) is 1. The minimum atomic E-state index is -3.05. The molecule has 26 heavy (non-hydrogen) atoms. The molecule has 2 atom stereocenters. The number of amides is 1. The largest absolute Gasteiger partial charge is 0.481 e. The van der Waals surface area contributed by atoms with Gasteiger partial charge in [-0.2, -0.15) is 0 Å². The van der Waals surface area contributed by atoms with Crippen LogP contribution in [-0.4, -0.2) is 50.6 Å². The van der Waals surface area contributed by atoms with Crippen LogP contribution < -0.4 is 10.1 Å². The van der Waals surface area contributed by atoms with Gasteiger partial charge in [0.05, 0.1) is 23.7 Å². The van der Waals surface area contributed by atoms with Crippen molar-refractivity contribution in [1.82, 2.24) is 5.32 Å². The van der Waals surface area contributed by atoms with Gasteiger partial charge in [0.1, 0.15) is 5.75 Å². The quantitative estimate of drug-likeness (QED) is 0.542. The van der Waals surface area contributed by atoms with E-state index in [9.17, 15) is 18.0 Å². The highest BCUT2D eigenvalue weighted by molar-refractivity contribution is 7.91. The molecule has 1 N–H and O–H groups in total. The van der Waals surface area contributed by atoms with Gasteiger partial charge in [-0.05, 0) is 44.0 Å². The van der Waals surface area contributed by atoms with Crippen LogP contribution in [0, 0.1) is 0 Å². The molecule has 144 valence electrons. The summed E-state index contributed by atoms with van der Waals surface area (Å²) < 4.78 is 33.5. The van der Waals surface area contributed by atoms with E-state index < -0.39 is 21.9 Å². The Morgan fingerprint density at radius 3 is 2.54 bits per heavy atom. The molecule has 0 aliphatic carbocycles. The molecule has 7 nitrogen and oxygen atoms in total. The van der Waals surface area contributed by atoms with Gasteiger partial charge in [-0.1, -0.05) is 13.3 Å². The molecule has 1 aromatic rings. The molecule has 1 amide bonds. The first kappa shape index (κ1) is 20.2. The van der Waals surface area contributed by atoms with Crippen molar-refractivity contribution in [2.45, 2.75) is 45.3 Å². The lowest BCUT2D eigenvalue weighted by Gasteiger charge is -2.17. The fourth-order valence-corrected chi connectivity index (χ4v) is 4.22. The van der Waals surface area contributed by atoms with Crippen molar-refractivity contribution in [3.63, 3.8) is 0 Å². The summed E-state index contributed by atoms with van der Waals surface area (Å²) in [4.78, 5) is 24.0. The monoisotopic (exact) mass is 383 g/mol. The number of esters is 1. The summed E-state index contributed by atoms with van der Waals surface area (Å²) in [5, 5.41) is 2.70. The van der Waals surface area contributed by atoms with Gasteiger partial charge in [0.15, 0.2) is 15.9 Å². The molecule has 0 saturated carbocycles. The summed E-state index contributed by atoms with van der Waals surface area (Å²) in [6.07, 6.45) is 1.42. The Morgan fingerprint density at radius 1 is 1.27 bits per heavy atom. The van der Waals surface area contributed by atoms with E-state index >= 15 is 0 Å². The highest BCUT2D eigenvalue weighted by Crippen LogP contribution is 2.16. The molecular weight excluding hydrogens is 358 g/mol. The van der Waals surface area contributed by atoms with Crippen molar-refractivity contribution >= 4 is 21.7 Å². The molecule has 1 fully saturated rings. The Morgan fingerprint density at radius 2 is 1.96 bits per heavy atom. The van der Waals surface area contributed by atoms with Crippen molar-refractivity contribution in [2.75, 3.05) is 18.1 Å². The van der Waals surface area contributed by atoms with Gasteiger partial charge >= 0.3 is 5.97 Å². The highest BCUT2D eigenvalue weighted by Gasteiger charge is 2.30. The second kappa shape index (κ2) is 9.02. The lowest BCUT2D eigenvalue weighted by Crippen LogP contribution is -2.43. The second-order valence-electron chi connectivity index (χ2n) is 6.38. The number of hydrogen-bond acceptors (Lipinski definition) is 6. The Kier molecular flexibility index (Phi) is 7.02. The van der Waals surface area contributed by atoms with Crippen LogP contribution in [0.25, 0.3) is 0 Å². The van der Waals surface area contributed by atoms with Crippen LogP contribution in [0.1, 0.15) is 43.5 Å². The van der Waals surface area contributed by atoms with Gasteiger partial charge in [0.25, 0.3) is 5.91 Å². The van der Waals surface area contributed by atoms with Crippen molar-refractivity contribution in [2.24, 2.45) is 0 Å². The van der Waals surface area contributed by atoms with Crippen LogP contribution in [-0.2, 0) is 19.4 Å². The van der Waals surface area contributed by atoms with E-state index in [0.29, 0.717) is 24.3 Å². The topological polar surface area (TPSA) is 98.8 Å². The minimum Gasteiger partial charge on any atom is -0.481 e. The first-order chi connectivity index (χ1) is 12.3. The third-order valence-electron chi connectivity index (χ3n) is 4.08. The molecule has 1 heterocycles. The Balaban J connectivity index is 1.83. The fourth-order valence-electron chi connectivity index (χ4n) is 2.55. The molecule has 0 spiro atoms. The van der Waals surface area contributed by atoms with Crippen LogP contribution in [0.5, 0.6) is 5.75 Å². The molecule has 1 saturated heterocycles. The average Bonchev–Trinajstić information content (AvgIpc) is 2.94. The normalized spacial score (nSPS) is 19.5. The van der Waals surface area contributed by atoms with Crippen molar-refractivity contribution < 1.29 is 27.5 Å². The molecule has 0 aromatic heterocycles. The van der Waals surface area contributed by atoms with E-state index in [2.05, 4.69) is 5.32 Å². The van der Waals surface area contributed by atoms with Crippen LogP contribution in [0.4, 0.5) is 0 Å². The zero-order chi connectivity index (χ0) is 19.2. The molecule has 0 bridgehead atoms. The van der Waals surface area contributed by atoms with Crippen molar-refractivity contribution in [3.05, 3.63) is 29.8 Å².